The Morgan fingerprint density at radius 2 is 2.00 bits per heavy atom. The Kier molecular flexibility index (Phi) is 4.59. The van der Waals surface area contributed by atoms with Crippen molar-refractivity contribution >= 4 is 46.2 Å². The molecule has 1 fully saturated rings. The number of amides is 2. The number of rotatable bonds is 3. The van der Waals surface area contributed by atoms with E-state index < -0.39 is 11.8 Å². The highest BCUT2D eigenvalue weighted by molar-refractivity contribution is 8.26. The van der Waals surface area contributed by atoms with Crippen LogP contribution in [0.5, 0.6) is 5.75 Å². The van der Waals surface area contributed by atoms with Gasteiger partial charge in [0.2, 0.25) is 0 Å². The Labute approximate surface area is 147 Å². The fourth-order valence-electron chi connectivity index (χ4n) is 1.94. The minimum atomic E-state index is -0.495. The van der Waals surface area contributed by atoms with E-state index in [2.05, 4.69) is 10.4 Å². The van der Waals surface area contributed by atoms with Gasteiger partial charge in [0.1, 0.15) is 5.75 Å². The second kappa shape index (κ2) is 6.81. The summed E-state index contributed by atoms with van der Waals surface area (Å²) in [6.07, 6.45) is 3.24. The number of thioether (sulfide) groups is 1. The average molecular weight is 357 g/mol. The molecule has 2 heterocycles. The molecular weight excluding hydrogens is 346 g/mol. The fourth-order valence-corrected chi connectivity index (χ4v) is 3.10. The Morgan fingerprint density at radius 3 is 2.67 bits per heavy atom. The summed E-state index contributed by atoms with van der Waals surface area (Å²) in [6.45, 7) is 0. The van der Waals surface area contributed by atoms with Gasteiger partial charge in [0.25, 0.3) is 11.8 Å². The molecule has 6 nitrogen and oxygen atoms in total. The van der Waals surface area contributed by atoms with E-state index >= 15 is 0 Å². The molecule has 0 spiro atoms. The van der Waals surface area contributed by atoms with Gasteiger partial charge in [0, 0.05) is 11.8 Å². The summed E-state index contributed by atoms with van der Waals surface area (Å²) >= 11 is 6.24. The van der Waals surface area contributed by atoms with E-state index in [1.54, 1.807) is 24.4 Å². The monoisotopic (exact) mass is 357 g/mol. The maximum Gasteiger partial charge on any atom is 0.285 e. The summed E-state index contributed by atoms with van der Waals surface area (Å²) in [5.41, 5.74) is 3.40. The first-order valence-electron chi connectivity index (χ1n) is 6.83. The van der Waals surface area contributed by atoms with Crippen molar-refractivity contribution in [2.45, 2.75) is 0 Å². The molecule has 0 unspecified atom stereocenters. The van der Waals surface area contributed by atoms with Crippen molar-refractivity contribution in [1.29, 1.82) is 0 Å². The van der Waals surface area contributed by atoms with Crippen LogP contribution in [-0.4, -0.2) is 31.2 Å². The molecule has 0 bridgehead atoms. The number of phenols is 1. The van der Waals surface area contributed by atoms with Crippen LogP contribution in [0.2, 0.25) is 0 Å². The van der Waals surface area contributed by atoms with Crippen molar-refractivity contribution in [2.75, 3.05) is 0 Å². The quantitative estimate of drug-likeness (QED) is 0.648. The molecule has 0 atom stereocenters. The van der Waals surface area contributed by atoms with Crippen molar-refractivity contribution < 1.29 is 14.7 Å². The van der Waals surface area contributed by atoms with Crippen molar-refractivity contribution in [3.05, 3.63) is 64.8 Å². The molecule has 3 rings (SSSR count). The van der Waals surface area contributed by atoms with Crippen LogP contribution in [-0.2, 0) is 4.79 Å². The highest BCUT2D eigenvalue weighted by Crippen LogP contribution is 2.31. The molecule has 1 aliphatic rings. The van der Waals surface area contributed by atoms with Gasteiger partial charge >= 0.3 is 0 Å². The van der Waals surface area contributed by atoms with Crippen molar-refractivity contribution in [1.82, 2.24) is 15.4 Å². The Morgan fingerprint density at radius 1 is 1.25 bits per heavy atom. The van der Waals surface area contributed by atoms with Gasteiger partial charge in [-0.15, -0.1) is 0 Å². The number of thiocarbonyl (C=S) groups is 1. The highest BCUT2D eigenvalue weighted by Gasteiger charge is 2.33. The number of hydrazine groups is 1. The molecule has 0 radical (unpaired) electrons. The maximum absolute atomic E-state index is 12.4. The van der Waals surface area contributed by atoms with Gasteiger partial charge in [0.05, 0.1) is 10.6 Å². The summed E-state index contributed by atoms with van der Waals surface area (Å²) in [5, 5.41) is 10.3. The van der Waals surface area contributed by atoms with Crippen LogP contribution in [0, 0.1) is 0 Å². The normalized spacial score (nSPS) is 15.8. The number of pyridine rings is 1. The maximum atomic E-state index is 12.4. The van der Waals surface area contributed by atoms with E-state index in [-0.39, 0.29) is 10.1 Å². The molecule has 0 saturated carbocycles. The van der Waals surface area contributed by atoms with Gasteiger partial charge in [-0.05, 0) is 54.7 Å². The molecule has 1 saturated heterocycles. The van der Waals surface area contributed by atoms with Crippen molar-refractivity contribution in [3.63, 3.8) is 0 Å². The first kappa shape index (κ1) is 16.2. The number of hydrogen-bond donors (Lipinski definition) is 2. The summed E-state index contributed by atoms with van der Waals surface area (Å²) in [5.74, 6) is -0.858. The van der Waals surface area contributed by atoms with Crippen molar-refractivity contribution in [2.24, 2.45) is 0 Å². The standard InChI is InChI=1S/C16H11N3O3S2/c20-12-6-4-10(5-7-12)14(21)18-19-15(22)13(24-16(19)23)9-11-3-1-2-8-17-11/h1-9,20H,(H,18,21)/b13-9+. The van der Waals surface area contributed by atoms with Crippen LogP contribution in [0.3, 0.4) is 0 Å². The molecular formula is C16H11N3O3S2. The molecule has 120 valence electrons. The predicted molar refractivity (Wildman–Crippen MR) is 94.8 cm³/mol. The Hall–Kier alpha value is -2.71. The lowest BCUT2D eigenvalue weighted by Crippen LogP contribution is -2.44. The van der Waals surface area contributed by atoms with Crippen LogP contribution in [0.25, 0.3) is 6.08 Å². The number of nitrogens with one attached hydrogen (secondary N) is 1. The topological polar surface area (TPSA) is 82.5 Å². The van der Waals surface area contributed by atoms with Gasteiger partial charge in [-0.3, -0.25) is 20.0 Å². The molecule has 1 aromatic heterocycles. The largest absolute Gasteiger partial charge is 0.508 e. The lowest BCUT2D eigenvalue weighted by molar-refractivity contribution is -0.123. The summed E-state index contributed by atoms with van der Waals surface area (Å²) in [7, 11) is 0. The van der Waals surface area contributed by atoms with Crippen LogP contribution in [0.1, 0.15) is 16.1 Å². The zero-order valence-electron chi connectivity index (χ0n) is 12.2. The molecule has 1 aliphatic heterocycles. The zero-order chi connectivity index (χ0) is 17.1. The van der Waals surface area contributed by atoms with E-state index in [0.29, 0.717) is 16.2 Å². The van der Waals surface area contributed by atoms with E-state index in [1.165, 1.54) is 24.3 Å². The molecule has 24 heavy (non-hydrogen) atoms. The van der Waals surface area contributed by atoms with Gasteiger partial charge < -0.3 is 5.11 Å². The molecule has 2 N–H and O–H groups in total. The number of benzene rings is 1. The van der Waals surface area contributed by atoms with Gasteiger partial charge in [-0.1, -0.05) is 17.8 Å². The first-order chi connectivity index (χ1) is 11.5. The summed E-state index contributed by atoms with van der Waals surface area (Å²) < 4.78 is 0.231. The van der Waals surface area contributed by atoms with Crippen LogP contribution in [0.15, 0.2) is 53.6 Å². The summed E-state index contributed by atoms with van der Waals surface area (Å²) in [4.78, 5) is 29.1. The third-order valence-corrected chi connectivity index (χ3v) is 4.41. The number of carbonyl (C=O) groups is 2. The third kappa shape index (κ3) is 3.44. The highest BCUT2D eigenvalue weighted by atomic mass is 32.2. The number of phenolic OH excluding ortho intramolecular Hbond substituents is 1. The number of carbonyl (C=O) groups excluding carboxylic acids is 2. The molecule has 0 aliphatic carbocycles. The predicted octanol–water partition coefficient (Wildman–Crippen LogP) is 2.33. The number of aromatic nitrogens is 1. The van der Waals surface area contributed by atoms with Gasteiger partial charge in [-0.2, -0.15) is 5.01 Å². The smallest absolute Gasteiger partial charge is 0.285 e. The second-order valence-corrected chi connectivity index (χ2v) is 6.44. The van der Waals surface area contributed by atoms with E-state index in [0.717, 1.165) is 16.8 Å². The van der Waals surface area contributed by atoms with Crippen molar-refractivity contribution in [3.8, 4) is 5.75 Å². The molecule has 8 heteroatoms. The third-order valence-electron chi connectivity index (χ3n) is 3.10. The van der Waals surface area contributed by atoms with E-state index in [9.17, 15) is 14.7 Å². The number of hydrogen-bond acceptors (Lipinski definition) is 6. The Bertz CT molecular complexity index is 835. The van der Waals surface area contributed by atoms with Crippen LogP contribution in [0.4, 0.5) is 0 Å². The number of aromatic hydroxyl groups is 1. The second-order valence-electron chi connectivity index (χ2n) is 4.76. The van der Waals surface area contributed by atoms with Crippen LogP contribution < -0.4 is 5.43 Å². The van der Waals surface area contributed by atoms with Gasteiger partial charge in [0.15, 0.2) is 4.32 Å². The zero-order valence-corrected chi connectivity index (χ0v) is 13.8. The Balaban J connectivity index is 1.76. The molecule has 2 aromatic rings. The van der Waals surface area contributed by atoms with E-state index in [1.807, 2.05) is 6.07 Å². The SMILES string of the molecule is O=C(NN1C(=O)/C(=C\c2ccccn2)SC1=S)c1ccc(O)cc1. The minimum absolute atomic E-state index is 0.0513. The lowest BCUT2D eigenvalue weighted by Gasteiger charge is -2.15. The van der Waals surface area contributed by atoms with E-state index in [4.69, 9.17) is 12.2 Å². The molecule has 1 aromatic carbocycles. The molecule has 2 amide bonds. The lowest BCUT2D eigenvalue weighted by atomic mass is 10.2. The number of nitrogens with zero attached hydrogens (tertiary/aromatic N) is 2. The minimum Gasteiger partial charge on any atom is -0.508 e. The first-order valence-corrected chi connectivity index (χ1v) is 8.06. The van der Waals surface area contributed by atoms with Crippen LogP contribution >= 0.6 is 24.0 Å². The average Bonchev–Trinajstić information content (AvgIpc) is 2.84. The summed E-state index contributed by atoms with van der Waals surface area (Å²) in [6, 6.07) is 11.0. The van der Waals surface area contributed by atoms with Gasteiger partial charge in [-0.25, -0.2) is 0 Å². The fraction of sp³-hybridized carbons (Fsp3) is 0.